The highest BCUT2D eigenvalue weighted by Crippen LogP contribution is 2.41. The number of nitrogens with two attached hydrogens (primary N) is 1. The summed E-state index contributed by atoms with van der Waals surface area (Å²) in [6.45, 7) is 7.39. The Bertz CT molecular complexity index is 1200. The number of halogens is 3. The topological polar surface area (TPSA) is 118 Å². The summed E-state index contributed by atoms with van der Waals surface area (Å²) in [5, 5.41) is 8.94. The third-order valence-electron chi connectivity index (χ3n) is 4.94. The van der Waals surface area contributed by atoms with Gasteiger partial charge in [-0.2, -0.15) is 18.2 Å². The molecule has 3 aromatic rings. The normalized spacial score (nSPS) is 11.8. The number of likely N-dealkylation sites (N-methyl/N-ethyl adjacent to an activating group) is 1. The van der Waals surface area contributed by atoms with Crippen molar-refractivity contribution in [3.8, 4) is 16.9 Å². The van der Waals surface area contributed by atoms with E-state index in [0.717, 1.165) is 6.07 Å². The predicted molar refractivity (Wildman–Crippen MR) is 130 cm³/mol. The Labute approximate surface area is 206 Å². The molecular weight excluding hydrogens is 477 g/mol. The molecule has 2 aromatic carbocycles. The third-order valence-corrected chi connectivity index (χ3v) is 4.94. The second-order valence-corrected chi connectivity index (χ2v) is 9.16. The van der Waals surface area contributed by atoms with E-state index in [4.69, 9.17) is 15.2 Å². The average molecular weight is 507 g/mol. The molecule has 0 atom stereocenters. The molecule has 9 nitrogen and oxygen atoms in total. The second kappa shape index (κ2) is 10.3. The molecule has 1 heterocycles. The molecule has 0 aliphatic heterocycles. The van der Waals surface area contributed by atoms with E-state index in [1.165, 1.54) is 4.90 Å². The number of hydrogen-bond acceptors (Lipinski definition) is 7. The molecule has 0 aliphatic carbocycles. The number of carbonyl (C=O) groups is 1. The van der Waals surface area contributed by atoms with Gasteiger partial charge in [0.05, 0.1) is 12.1 Å². The lowest BCUT2D eigenvalue weighted by Gasteiger charge is -2.24. The van der Waals surface area contributed by atoms with Crippen LogP contribution in [0.2, 0.25) is 0 Å². The van der Waals surface area contributed by atoms with Crippen LogP contribution < -0.4 is 15.8 Å². The zero-order valence-corrected chi connectivity index (χ0v) is 20.7. The number of ether oxygens (including phenoxy) is 2. The van der Waals surface area contributed by atoms with Crippen LogP contribution in [-0.4, -0.2) is 52.0 Å². The highest BCUT2D eigenvalue weighted by atomic mass is 19.4. The van der Waals surface area contributed by atoms with Gasteiger partial charge in [-0.05, 0) is 68.7 Å². The lowest BCUT2D eigenvalue weighted by atomic mass is 9.93. The third kappa shape index (κ3) is 7.03. The highest BCUT2D eigenvalue weighted by Gasteiger charge is 2.35. The van der Waals surface area contributed by atoms with Crippen LogP contribution in [0.4, 0.5) is 35.5 Å². The van der Waals surface area contributed by atoms with Gasteiger partial charge >= 0.3 is 12.3 Å². The summed E-state index contributed by atoms with van der Waals surface area (Å²) in [6, 6.07) is 8.89. The van der Waals surface area contributed by atoms with Crippen LogP contribution >= 0.6 is 0 Å². The van der Waals surface area contributed by atoms with E-state index in [-0.39, 0.29) is 36.3 Å². The minimum atomic E-state index is -4.60. The summed E-state index contributed by atoms with van der Waals surface area (Å²) in [4.78, 5) is 17.3. The molecule has 0 aliphatic rings. The van der Waals surface area contributed by atoms with Crippen molar-refractivity contribution >= 4 is 23.7 Å². The number of H-pyrrole nitrogens is 1. The summed E-state index contributed by atoms with van der Waals surface area (Å²) in [7, 11) is 1.59. The smallest absolute Gasteiger partial charge is 0.417 e. The maximum atomic E-state index is 14.0. The van der Waals surface area contributed by atoms with E-state index in [1.807, 2.05) is 0 Å². The number of hydrogen-bond donors (Lipinski definition) is 3. The molecule has 0 fully saturated rings. The minimum Gasteiger partial charge on any atom is -0.492 e. The molecule has 0 unspecified atom stereocenters. The van der Waals surface area contributed by atoms with Crippen LogP contribution in [0, 0.1) is 6.92 Å². The van der Waals surface area contributed by atoms with Gasteiger partial charge in [-0.25, -0.2) is 9.89 Å². The summed E-state index contributed by atoms with van der Waals surface area (Å²) in [5.74, 6) is 0.565. The summed E-state index contributed by atoms with van der Waals surface area (Å²) in [5.41, 5.74) is 5.08. The molecule has 0 bridgehead atoms. The van der Waals surface area contributed by atoms with Gasteiger partial charge < -0.3 is 25.4 Å². The Morgan fingerprint density at radius 1 is 1.17 bits per heavy atom. The Morgan fingerprint density at radius 3 is 2.39 bits per heavy atom. The molecule has 0 spiro atoms. The van der Waals surface area contributed by atoms with Crippen molar-refractivity contribution in [2.45, 2.75) is 39.5 Å². The number of anilines is 3. The zero-order valence-electron chi connectivity index (χ0n) is 20.7. The van der Waals surface area contributed by atoms with Crippen molar-refractivity contribution < 1.29 is 27.4 Å². The predicted octanol–water partition coefficient (Wildman–Crippen LogP) is 5.37. The number of rotatable bonds is 7. The maximum Gasteiger partial charge on any atom is 0.417 e. The van der Waals surface area contributed by atoms with Crippen LogP contribution in [-0.2, 0) is 10.9 Å². The largest absolute Gasteiger partial charge is 0.492 e. The molecule has 12 heteroatoms. The Kier molecular flexibility index (Phi) is 7.65. The number of aryl methyl sites for hydroxylation is 1. The van der Waals surface area contributed by atoms with Gasteiger partial charge in [0.25, 0.3) is 0 Å². The first-order valence-electron chi connectivity index (χ1n) is 11.1. The fraction of sp³-hybridized carbons (Fsp3) is 0.375. The number of benzene rings is 2. The van der Waals surface area contributed by atoms with E-state index in [9.17, 15) is 18.0 Å². The fourth-order valence-corrected chi connectivity index (χ4v) is 3.37. The number of alkyl halides is 3. The van der Waals surface area contributed by atoms with Crippen molar-refractivity contribution in [1.29, 1.82) is 0 Å². The lowest BCUT2D eigenvalue weighted by Crippen LogP contribution is -2.36. The number of nitrogen functional groups attached to an aromatic ring is 1. The van der Waals surface area contributed by atoms with Crippen molar-refractivity contribution in [3.05, 3.63) is 47.5 Å². The molecule has 1 aromatic heterocycles. The maximum absolute atomic E-state index is 14.0. The van der Waals surface area contributed by atoms with Crippen LogP contribution in [0.15, 0.2) is 36.4 Å². The van der Waals surface area contributed by atoms with Crippen LogP contribution in [0.25, 0.3) is 11.1 Å². The zero-order chi connectivity index (χ0) is 26.7. The molecule has 3 rings (SSSR count). The van der Waals surface area contributed by atoms with Crippen molar-refractivity contribution in [2.75, 3.05) is 31.2 Å². The number of nitrogens with one attached hydrogen (secondary N) is 2. The van der Waals surface area contributed by atoms with Gasteiger partial charge in [-0.1, -0.05) is 12.1 Å². The van der Waals surface area contributed by atoms with Gasteiger partial charge in [-0.15, -0.1) is 5.10 Å². The number of amides is 1. The molecule has 36 heavy (non-hydrogen) atoms. The minimum absolute atomic E-state index is 0.0423. The molecular formula is C24H29F3N6O3. The Balaban J connectivity index is 1.74. The van der Waals surface area contributed by atoms with Gasteiger partial charge in [0.2, 0.25) is 11.9 Å². The monoisotopic (exact) mass is 506 g/mol. The van der Waals surface area contributed by atoms with Gasteiger partial charge in [-0.3, -0.25) is 0 Å². The molecule has 1 amide bonds. The number of aromatic amines is 1. The van der Waals surface area contributed by atoms with E-state index in [1.54, 1.807) is 65.1 Å². The Hall–Kier alpha value is -3.96. The van der Waals surface area contributed by atoms with E-state index >= 15 is 0 Å². The first-order valence-corrected chi connectivity index (χ1v) is 11.1. The first-order chi connectivity index (χ1) is 16.7. The number of nitrogens with zero attached hydrogens (tertiary/aromatic N) is 3. The molecule has 4 N–H and O–H groups in total. The lowest BCUT2D eigenvalue weighted by molar-refractivity contribution is -0.137. The van der Waals surface area contributed by atoms with E-state index < -0.39 is 23.4 Å². The SMILES string of the molecule is Cc1cc(Nc2n[nH]c(N)n2)cc(C(F)(F)F)c1-c1ccc(OCCN(C)C(=O)OC(C)(C)C)cc1. The van der Waals surface area contributed by atoms with Crippen LogP contribution in [0.5, 0.6) is 5.75 Å². The van der Waals surface area contributed by atoms with Crippen molar-refractivity contribution in [1.82, 2.24) is 20.1 Å². The average Bonchev–Trinajstić information content (AvgIpc) is 3.16. The Morgan fingerprint density at radius 2 is 1.83 bits per heavy atom. The number of aromatic nitrogens is 3. The molecule has 0 radical (unpaired) electrons. The van der Waals surface area contributed by atoms with Crippen molar-refractivity contribution in [2.24, 2.45) is 0 Å². The number of carbonyl (C=O) groups excluding carboxylic acids is 1. The van der Waals surface area contributed by atoms with Gasteiger partial charge in [0, 0.05) is 12.7 Å². The summed E-state index contributed by atoms with van der Waals surface area (Å²) in [6.07, 6.45) is -5.07. The van der Waals surface area contributed by atoms with E-state index in [0.29, 0.717) is 16.9 Å². The van der Waals surface area contributed by atoms with E-state index in [2.05, 4.69) is 20.5 Å². The van der Waals surface area contributed by atoms with Gasteiger partial charge in [0.15, 0.2) is 0 Å². The molecule has 0 saturated heterocycles. The molecule has 0 saturated carbocycles. The molecule has 194 valence electrons. The summed E-state index contributed by atoms with van der Waals surface area (Å²) >= 11 is 0. The quantitative estimate of drug-likeness (QED) is 0.394. The first kappa shape index (κ1) is 26.6. The second-order valence-electron chi connectivity index (χ2n) is 9.16. The summed E-state index contributed by atoms with van der Waals surface area (Å²) < 4.78 is 52.9. The fourth-order valence-electron chi connectivity index (χ4n) is 3.37. The van der Waals surface area contributed by atoms with Crippen LogP contribution in [0.3, 0.4) is 0 Å². The van der Waals surface area contributed by atoms with Crippen LogP contribution in [0.1, 0.15) is 31.9 Å². The standard InChI is InChI=1S/C24H29F3N6O3/c1-14-12-16(29-21-30-20(28)31-32-21)13-18(24(25,26)27)19(14)15-6-8-17(9-7-15)35-11-10-33(5)22(34)36-23(2,3)4/h6-9,12-13H,10-11H2,1-5H3,(H4,28,29,30,31,32). The highest BCUT2D eigenvalue weighted by molar-refractivity contribution is 5.76. The van der Waals surface area contributed by atoms with Crippen molar-refractivity contribution in [3.63, 3.8) is 0 Å². The van der Waals surface area contributed by atoms with Gasteiger partial charge in [0.1, 0.15) is 18.0 Å².